The lowest BCUT2D eigenvalue weighted by molar-refractivity contribution is -0.385. The van der Waals surface area contributed by atoms with E-state index in [0.29, 0.717) is 12.3 Å². The van der Waals surface area contributed by atoms with Gasteiger partial charge in [0, 0.05) is 24.1 Å². The molecule has 0 aliphatic carbocycles. The standard InChI is InChI=1S/C17H20N2O2/c1-12(2)17(18)15-8-5-6-13(11-15)10-14-7-3-4-9-16(14)19(20)21/h3-9,11-12,17H,10,18H2,1-2H3/t17-/m1/s1. The zero-order valence-corrected chi connectivity index (χ0v) is 12.3. The Morgan fingerprint density at radius 1 is 1.14 bits per heavy atom. The van der Waals surface area contributed by atoms with Gasteiger partial charge in [-0.3, -0.25) is 10.1 Å². The zero-order valence-electron chi connectivity index (χ0n) is 12.3. The maximum Gasteiger partial charge on any atom is 0.272 e. The second-order valence-electron chi connectivity index (χ2n) is 5.58. The molecule has 2 aromatic carbocycles. The fourth-order valence-corrected chi connectivity index (χ4v) is 2.35. The monoisotopic (exact) mass is 284 g/mol. The van der Waals surface area contributed by atoms with Gasteiger partial charge in [-0.1, -0.05) is 56.3 Å². The van der Waals surface area contributed by atoms with Crippen molar-refractivity contribution in [1.82, 2.24) is 0 Å². The molecule has 0 amide bonds. The van der Waals surface area contributed by atoms with Gasteiger partial charge in [-0.2, -0.15) is 0 Å². The van der Waals surface area contributed by atoms with Crippen LogP contribution in [0.2, 0.25) is 0 Å². The van der Waals surface area contributed by atoms with Crippen LogP contribution in [-0.2, 0) is 6.42 Å². The summed E-state index contributed by atoms with van der Waals surface area (Å²) in [7, 11) is 0. The van der Waals surface area contributed by atoms with Gasteiger partial charge in [0.15, 0.2) is 0 Å². The topological polar surface area (TPSA) is 69.2 Å². The molecule has 0 fully saturated rings. The van der Waals surface area contributed by atoms with Gasteiger partial charge >= 0.3 is 0 Å². The van der Waals surface area contributed by atoms with Crippen LogP contribution < -0.4 is 5.73 Å². The summed E-state index contributed by atoms with van der Waals surface area (Å²) in [4.78, 5) is 10.7. The SMILES string of the molecule is CC(C)[C@@H](N)c1cccc(Cc2ccccc2[N+](=O)[O-])c1. The average molecular weight is 284 g/mol. The van der Waals surface area contributed by atoms with E-state index in [4.69, 9.17) is 5.73 Å². The van der Waals surface area contributed by atoms with Gasteiger partial charge in [-0.25, -0.2) is 0 Å². The van der Waals surface area contributed by atoms with Crippen LogP contribution in [0.4, 0.5) is 5.69 Å². The Morgan fingerprint density at radius 2 is 1.86 bits per heavy atom. The van der Waals surface area contributed by atoms with Gasteiger partial charge in [0.25, 0.3) is 5.69 Å². The van der Waals surface area contributed by atoms with E-state index in [1.54, 1.807) is 18.2 Å². The predicted molar refractivity (Wildman–Crippen MR) is 84.1 cm³/mol. The molecule has 110 valence electrons. The molecule has 21 heavy (non-hydrogen) atoms. The van der Waals surface area contributed by atoms with Crippen molar-refractivity contribution < 1.29 is 4.92 Å². The molecule has 4 nitrogen and oxygen atoms in total. The fourth-order valence-electron chi connectivity index (χ4n) is 2.35. The number of nitro benzene ring substituents is 1. The summed E-state index contributed by atoms with van der Waals surface area (Å²) in [6, 6.07) is 14.8. The van der Waals surface area contributed by atoms with Crippen LogP contribution in [0.15, 0.2) is 48.5 Å². The number of hydrogen-bond acceptors (Lipinski definition) is 3. The normalized spacial score (nSPS) is 12.4. The van der Waals surface area contributed by atoms with Crippen molar-refractivity contribution in [3.05, 3.63) is 75.3 Å². The van der Waals surface area contributed by atoms with Gasteiger partial charge in [-0.05, 0) is 17.0 Å². The van der Waals surface area contributed by atoms with Crippen LogP contribution >= 0.6 is 0 Å². The first-order valence-corrected chi connectivity index (χ1v) is 7.05. The average Bonchev–Trinajstić information content (AvgIpc) is 2.47. The van der Waals surface area contributed by atoms with Crippen LogP contribution in [0.3, 0.4) is 0 Å². The summed E-state index contributed by atoms with van der Waals surface area (Å²) >= 11 is 0. The Bertz CT molecular complexity index is 638. The van der Waals surface area contributed by atoms with Crippen molar-refractivity contribution in [3.8, 4) is 0 Å². The van der Waals surface area contributed by atoms with E-state index in [0.717, 1.165) is 16.7 Å². The molecule has 0 saturated heterocycles. The number of rotatable bonds is 5. The van der Waals surface area contributed by atoms with E-state index < -0.39 is 0 Å². The molecule has 0 radical (unpaired) electrons. The van der Waals surface area contributed by atoms with Crippen LogP contribution in [0.5, 0.6) is 0 Å². The van der Waals surface area contributed by atoms with Crippen molar-refractivity contribution in [2.45, 2.75) is 26.3 Å². The molecule has 2 N–H and O–H groups in total. The number of hydrogen-bond donors (Lipinski definition) is 1. The Kier molecular flexibility index (Phi) is 4.70. The van der Waals surface area contributed by atoms with E-state index in [-0.39, 0.29) is 16.7 Å². The van der Waals surface area contributed by atoms with Gasteiger partial charge < -0.3 is 5.73 Å². The van der Waals surface area contributed by atoms with E-state index in [2.05, 4.69) is 13.8 Å². The molecular weight excluding hydrogens is 264 g/mol. The number of nitro groups is 1. The quantitative estimate of drug-likeness (QED) is 0.670. The van der Waals surface area contributed by atoms with Crippen molar-refractivity contribution in [2.75, 3.05) is 0 Å². The first kappa shape index (κ1) is 15.2. The second kappa shape index (κ2) is 6.50. The molecule has 0 aromatic heterocycles. The summed E-state index contributed by atoms with van der Waals surface area (Å²) in [5.41, 5.74) is 9.16. The third kappa shape index (κ3) is 3.67. The Morgan fingerprint density at radius 3 is 2.52 bits per heavy atom. The largest absolute Gasteiger partial charge is 0.324 e. The number of nitrogens with two attached hydrogens (primary N) is 1. The highest BCUT2D eigenvalue weighted by molar-refractivity contribution is 5.43. The smallest absolute Gasteiger partial charge is 0.272 e. The molecule has 0 heterocycles. The van der Waals surface area contributed by atoms with Gasteiger partial charge in [0.1, 0.15) is 0 Å². The van der Waals surface area contributed by atoms with E-state index in [1.165, 1.54) is 0 Å². The minimum atomic E-state index is -0.334. The Hall–Kier alpha value is -2.20. The third-order valence-electron chi connectivity index (χ3n) is 3.64. The first-order valence-electron chi connectivity index (χ1n) is 7.05. The fraction of sp³-hybridized carbons (Fsp3) is 0.294. The van der Waals surface area contributed by atoms with Crippen molar-refractivity contribution >= 4 is 5.69 Å². The lowest BCUT2D eigenvalue weighted by Gasteiger charge is -2.17. The highest BCUT2D eigenvalue weighted by Gasteiger charge is 2.14. The van der Waals surface area contributed by atoms with Crippen molar-refractivity contribution in [2.24, 2.45) is 11.7 Å². The Balaban J connectivity index is 2.29. The lowest BCUT2D eigenvalue weighted by atomic mass is 9.94. The lowest BCUT2D eigenvalue weighted by Crippen LogP contribution is -2.16. The Labute approximate surface area is 124 Å². The van der Waals surface area contributed by atoms with Crippen molar-refractivity contribution in [1.29, 1.82) is 0 Å². The van der Waals surface area contributed by atoms with Gasteiger partial charge in [0.05, 0.1) is 4.92 Å². The number of para-hydroxylation sites is 1. The summed E-state index contributed by atoms with van der Waals surface area (Å²) in [6.45, 7) is 4.17. The van der Waals surface area contributed by atoms with Crippen LogP contribution in [-0.4, -0.2) is 4.92 Å². The number of nitrogens with zero attached hydrogens (tertiary/aromatic N) is 1. The summed E-state index contributed by atoms with van der Waals surface area (Å²) in [6.07, 6.45) is 0.538. The summed E-state index contributed by atoms with van der Waals surface area (Å²) in [5, 5.41) is 11.1. The van der Waals surface area contributed by atoms with Crippen molar-refractivity contribution in [3.63, 3.8) is 0 Å². The maximum atomic E-state index is 11.1. The summed E-state index contributed by atoms with van der Waals surface area (Å²) < 4.78 is 0. The molecule has 2 rings (SSSR count). The van der Waals surface area contributed by atoms with Gasteiger partial charge in [-0.15, -0.1) is 0 Å². The molecule has 0 bridgehead atoms. The van der Waals surface area contributed by atoms with Crippen LogP contribution in [0, 0.1) is 16.0 Å². The third-order valence-corrected chi connectivity index (χ3v) is 3.64. The maximum absolute atomic E-state index is 11.1. The first-order chi connectivity index (χ1) is 9.99. The van der Waals surface area contributed by atoms with E-state index in [9.17, 15) is 10.1 Å². The van der Waals surface area contributed by atoms with E-state index >= 15 is 0 Å². The second-order valence-corrected chi connectivity index (χ2v) is 5.58. The molecule has 4 heteroatoms. The zero-order chi connectivity index (χ0) is 15.4. The minimum absolute atomic E-state index is 0.0179. The molecular formula is C17H20N2O2. The highest BCUT2D eigenvalue weighted by atomic mass is 16.6. The van der Waals surface area contributed by atoms with Gasteiger partial charge in [0.2, 0.25) is 0 Å². The van der Waals surface area contributed by atoms with E-state index in [1.807, 2.05) is 30.3 Å². The molecule has 0 spiro atoms. The molecule has 1 atom stereocenters. The minimum Gasteiger partial charge on any atom is -0.324 e. The molecule has 2 aromatic rings. The summed E-state index contributed by atoms with van der Waals surface area (Å²) in [5.74, 6) is 0.353. The highest BCUT2D eigenvalue weighted by Crippen LogP contribution is 2.24. The molecule has 0 aliphatic heterocycles. The van der Waals surface area contributed by atoms with Crippen LogP contribution in [0.1, 0.15) is 36.6 Å². The molecule has 0 unspecified atom stereocenters. The van der Waals surface area contributed by atoms with Crippen LogP contribution in [0.25, 0.3) is 0 Å². The molecule has 0 aliphatic rings. The molecule has 0 saturated carbocycles. The predicted octanol–water partition coefficient (Wildman–Crippen LogP) is 3.84. The number of benzene rings is 2.